The number of alkyl carbamates (subject to hydrolysis) is 1. The maximum atomic E-state index is 11.8. The molecule has 1 fully saturated rings. The third-order valence-corrected chi connectivity index (χ3v) is 6.69. The van der Waals surface area contributed by atoms with Crippen LogP contribution in [0.4, 0.5) is 10.6 Å². The number of hydrogen-bond acceptors (Lipinski definition) is 5. The fourth-order valence-corrected chi connectivity index (χ4v) is 4.91. The first-order valence-corrected chi connectivity index (χ1v) is 13.4. The lowest BCUT2D eigenvalue weighted by Crippen LogP contribution is -2.45. The Bertz CT molecular complexity index is 1370. The molecule has 0 radical (unpaired) electrons. The van der Waals surface area contributed by atoms with E-state index in [1.54, 1.807) is 6.07 Å². The number of anilines is 1. The summed E-state index contributed by atoms with van der Waals surface area (Å²) in [5, 5.41) is 8.50. The highest BCUT2D eigenvalue weighted by Gasteiger charge is 2.23. The van der Waals surface area contributed by atoms with Crippen molar-refractivity contribution in [3.05, 3.63) is 76.1 Å². The molecule has 0 unspecified atom stereocenters. The van der Waals surface area contributed by atoms with E-state index in [1.807, 2.05) is 62.4 Å². The molecule has 2 aromatic heterocycles. The Morgan fingerprint density at radius 2 is 1.51 bits per heavy atom. The van der Waals surface area contributed by atoms with Crippen LogP contribution in [0.3, 0.4) is 0 Å². The molecule has 0 atom stereocenters. The number of ether oxygens (including phenoxy) is 1. The van der Waals surface area contributed by atoms with Crippen molar-refractivity contribution in [2.24, 2.45) is 5.92 Å². The number of rotatable bonds is 4. The number of nitrogens with zero attached hydrogens (tertiary/aromatic N) is 3. The van der Waals surface area contributed by atoms with E-state index in [0.29, 0.717) is 28.0 Å². The minimum atomic E-state index is -0.321. The molecule has 194 valence electrons. The average molecular weight is 560 g/mol. The first-order valence-electron chi connectivity index (χ1n) is 12.2. The van der Waals surface area contributed by atoms with Crippen molar-refractivity contribution in [3.63, 3.8) is 0 Å². The van der Waals surface area contributed by atoms with Gasteiger partial charge < -0.3 is 15.0 Å². The van der Waals surface area contributed by atoms with Gasteiger partial charge in [0.1, 0.15) is 21.3 Å². The molecule has 1 amide bonds. The first-order chi connectivity index (χ1) is 17.8. The van der Waals surface area contributed by atoms with Gasteiger partial charge in [-0.25, -0.2) is 14.8 Å². The molecule has 6 nitrogen and oxygen atoms in total. The monoisotopic (exact) mass is 558 g/mol. The summed E-state index contributed by atoms with van der Waals surface area (Å²) >= 11 is 17.8. The summed E-state index contributed by atoms with van der Waals surface area (Å²) in [6, 6.07) is 19.7. The fraction of sp³-hybridized carbons (Fsp3) is 0.321. The van der Waals surface area contributed by atoms with E-state index in [-0.39, 0.29) is 12.1 Å². The van der Waals surface area contributed by atoms with Crippen LogP contribution >= 0.6 is 34.8 Å². The van der Waals surface area contributed by atoms with Gasteiger partial charge in [-0.05, 0) is 41.7 Å². The summed E-state index contributed by atoms with van der Waals surface area (Å²) in [4.78, 5) is 22.5. The predicted molar refractivity (Wildman–Crippen MR) is 153 cm³/mol. The summed E-state index contributed by atoms with van der Waals surface area (Å²) in [7, 11) is 0. The Balaban J connectivity index is 0.000000222. The molecule has 1 saturated heterocycles. The van der Waals surface area contributed by atoms with E-state index in [0.717, 1.165) is 53.3 Å². The minimum absolute atomic E-state index is 0.140. The van der Waals surface area contributed by atoms with Crippen LogP contribution in [0.15, 0.2) is 60.7 Å². The van der Waals surface area contributed by atoms with Crippen molar-refractivity contribution in [1.29, 1.82) is 0 Å². The molecule has 1 N–H and O–H groups in total. The maximum absolute atomic E-state index is 11.8. The lowest BCUT2D eigenvalue weighted by molar-refractivity contribution is 0.128. The van der Waals surface area contributed by atoms with Crippen LogP contribution in [-0.2, 0) is 4.74 Å². The van der Waals surface area contributed by atoms with Gasteiger partial charge in [-0.2, -0.15) is 0 Å². The Kier molecular flexibility index (Phi) is 9.30. The van der Waals surface area contributed by atoms with Gasteiger partial charge in [0.2, 0.25) is 0 Å². The molecule has 1 aliphatic rings. The van der Waals surface area contributed by atoms with E-state index < -0.39 is 0 Å². The van der Waals surface area contributed by atoms with Crippen LogP contribution < -0.4 is 10.2 Å². The third-order valence-electron chi connectivity index (χ3n) is 6.02. The molecule has 4 aromatic rings. The quantitative estimate of drug-likeness (QED) is 0.259. The highest BCUT2D eigenvalue weighted by atomic mass is 35.5. The molecule has 0 aliphatic carbocycles. The number of halogens is 3. The van der Waals surface area contributed by atoms with Gasteiger partial charge >= 0.3 is 6.09 Å². The molecule has 0 bridgehead atoms. The molecule has 9 heteroatoms. The molecular weight excluding hydrogens is 531 g/mol. The number of aromatic nitrogens is 2. The van der Waals surface area contributed by atoms with E-state index in [4.69, 9.17) is 39.5 Å². The predicted octanol–water partition coefficient (Wildman–Crippen LogP) is 7.78. The van der Waals surface area contributed by atoms with Crippen molar-refractivity contribution >= 4 is 68.3 Å². The van der Waals surface area contributed by atoms with Crippen LogP contribution in [0.1, 0.15) is 26.7 Å². The normalized spacial score (nSPS) is 13.9. The first kappa shape index (κ1) is 27.2. The summed E-state index contributed by atoms with van der Waals surface area (Å²) in [6.07, 6.45) is 1.40. The molecule has 5 rings (SSSR count). The largest absolute Gasteiger partial charge is 0.449 e. The summed E-state index contributed by atoms with van der Waals surface area (Å²) < 4.78 is 5.20. The molecule has 0 spiro atoms. The van der Waals surface area contributed by atoms with Gasteiger partial charge in [0, 0.05) is 29.9 Å². The third kappa shape index (κ3) is 7.37. The van der Waals surface area contributed by atoms with Crippen molar-refractivity contribution in [3.8, 4) is 0 Å². The molecule has 1 aliphatic heterocycles. The minimum Gasteiger partial charge on any atom is -0.449 e. The molecule has 3 heterocycles. The van der Waals surface area contributed by atoms with E-state index >= 15 is 0 Å². The Morgan fingerprint density at radius 3 is 2.16 bits per heavy atom. The fourth-order valence-electron chi connectivity index (χ4n) is 4.20. The summed E-state index contributed by atoms with van der Waals surface area (Å²) in [5.74, 6) is 1.26. The number of pyridine rings is 2. The molecular formula is C28H29Cl3N4O2. The standard InChI is InChI=1S/C19H24ClN3O2.C9H5Cl2N/c1-13(2)12-25-19(24)21-15-7-9-23(10-8-15)18-16-6-4-3-5-14(16)11-17(20)22-18;10-8-5-6-3-1-2-4-7(6)9(11)12-8/h3-6,11,13,15H,7-10,12H2,1-2H3,(H,21,24);1-5H. The van der Waals surface area contributed by atoms with Gasteiger partial charge in [0.05, 0.1) is 6.61 Å². The van der Waals surface area contributed by atoms with Gasteiger partial charge in [-0.1, -0.05) is 97.2 Å². The van der Waals surface area contributed by atoms with Gasteiger partial charge in [-0.3, -0.25) is 0 Å². The topological polar surface area (TPSA) is 67.3 Å². The van der Waals surface area contributed by atoms with Crippen LogP contribution in [0, 0.1) is 5.92 Å². The van der Waals surface area contributed by atoms with Crippen molar-refractivity contribution in [2.45, 2.75) is 32.7 Å². The number of hydrogen-bond donors (Lipinski definition) is 1. The molecule has 2 aromatic carbocycles. The van der Waals surface area contributed by atoms with Gasteiger partial charge in [0.25, 0.3) is 0 Å². The number of benzene rings is 2. The second-order valence-corrected chi connectivity index (χ2v) is 10.5. The Hall–Kier alpha value is -2.80. The van der Waals surface area contributed by atoms with Gasteiger partial charge in [0.15, 0.2) is 0 Å². The number of carbonyl (C=O) groups is 1. The zero-order chi connectivity index (χ0) is 26.4. The van der Waals surface area contributed by atoms with E-state index in [9.17, 15) is 4.79 Å². The van der Waals surface area contributed by atoms with E-state index in [2.05, 4.69) is 26.3 Å². The zero-order valence-corrected chi connectivity index (χ0v) is 23.0. The Morgan fingerprint density at radius 1 is 0.946 bits per heavy atom. The number of fused-ring (bicyclic) bond motifs is 2. The summed E-state index contributed by atoms with van der Waals surface area (Å²) in [5.41, 5.74) is 0. The Labute approximate surface area is 231 Å². The maximum Gasteiger partial charge on any atom is 0.407 e. The highest BCUT2D eigenvalue weighted by Crippen LogP contribution is 2.29. The molecule has 0 saturated carbocycles. The van der Waals surface area contributed by atoms with Crippen LogP contribution in [0.5, 0.6) is 0 Å². The average Bonchev–Trinajstić information content (AvgIpc) is 2.88. The molecule has 37 heavy (non-hydrogen) atoms. The SMILES string of the molecule is CC(C)COC(=O)NC1CCN(c2nc(Cl)cc3ccccc23)CC1.Clc1cc2ccccc2c(Cl)n1. The van der Waals surface area contributed by atoms with Crippen LogP contribution in [-0.4, -0.2) is 41.8 Å². The smallest absolute Gasteiger partial charge is 0.407 e. The zero-order valence-electron chi connectivity index (χ0n) is 20.8. The van der Waals surface area contributed by atoms with E-state index in [1.165, 1.54) is 0 Å². The van der Waals surface area contributed by atoms with Crippen molar-refractivity contribution in [2.75, 3.05) is 24.6 Å². The van der Waals surface area contributed by atoms with Crippen LogP contribution in [0.25, 0.3) is 21.5 Å². The van der Waals surface area contributed by atoms with Crippen LogP contribution in [0.2, 0.25) is 15.5 Å². The van der Waals surface area contributed by atoms with Gasteiger partial charge in [-0.15, -0.1) is 0 Å². The number of carbonyl (C=O) groups excluding carboxylic acids is 1. The second kappa shape index (κ2) is 12.6. The number of piperidine rings is 1. The lowest BCUT2D eigenvalue weighted by Gasteiger charge is -2.33. The lowest BCUT2D eigenvalue weighted by atomic mass is 10.0. The summed E-state index contributed by atoms with van der Waals surface area (Å²) in [6.45, 7) is 6.14. The highest BCUT2D eigenvalue weighted by molar-refractivity contribution is 6.36. The second-order valence-electron chi connectivity index (χ2n) is 9.34. The number of amides is 1. The van der Waals surface area contributed by atoms with Crippen molar-refractivity contribution < 1.29 is 9.53 Å². The van der Waals surface area contributed by atoms with Crippen molar-refractivity contribution in [1.82, 2.24) is 15.3 Å². The number of nitrogens with one attached hydrogen (secondary N) is 1.